The first-order valence-electron chi connectivity index (χ1n) is 14.9. The Labute approximate surface area is 251 Å². The van der Waals surface area contributed by atoms with Crippen molar-refractivity contribution < 1.29 is 17.9 Å². The van der Waals surface area contributed by atoms with Crippen LogP contribution in [0, 0.1) is 11.6 Å². The number of hydrogen-bond acceptors (Lipinski definition) is 8. The largest absolute Gasteiger partial charge is 0.461 e. The summed E-state index contributed by atoms with van der Waals surface area (Å²) in [6.45, 7) is 2.81. The predicted octanol–water partition coefficient (Wildman–Crippen LogP) is 5.25. The highest BCUT2D eigenvalue weighted by Gasteiger charge is 2.49. The van der Waals surface area contributed by atoms with E-state index in [4.69, 9.17) is 27.1 Å². The third-order valence-electron chi connectivity index (χ3n) is 9.65. The molecule has 4 atom stereocenters. The fourth-order valence-electron chi connectivity index (χ4n) is 7.77. The molecule has 2 aromatic carbocycles. The molecule has 2 aromatic heterocycles. The second-order valence-electron chi connectivity index (χ2n) is 12.4. The van der Waals surface area contributed by atoms with Gasteiger partial charge in [-0.2, -0.15) is 9.97 Å². The summed E-state index contributed by atoms with van der Waals surface area (Å²) in [5.74, 6) is -0.696. The van der Waals surface area contributed by atoms with Crippen LogP contribution in [0.2, 0.25) is 5.02 Å². The van der Waals surface area contributed by atoms with Gasteiger partial charge in [0.25, 0.3) is 0 Å². The molecule has 8 nitrogen and oxygen atoms in total. The lowest BCUT2D eigenvalue weighted by atomic mass is 9.95. The fourth-order valence-corrected chi connectivity index (χ4v) is 8.05. The second-order valence-corrected chi connectivity index (χ2v) is 12.8. The van der Waals surface area contributed by atoms with E-state index in [1.165, 1.54) is 12.1 Å². The summed E-state index contributed by atoms with van der Waals surface area (Å²) in [5.41, 5.74) is 5.55. The van der Waals surface area contributed by atoms with E-state index in [1.54, 1.807) is 18.2 Å². The van der Waals surface area contributed by atoms with Crippen molar-refractivity contribution in [1.82, 2.24) is 25.2 Å². The van der Waals surface area contributed by atoms with Gasteiger partial charge in [0, 0.05) is 48.9 Å². The van der Waals surface area contributed by atoms with E-state index in [0.29, 0.717) is 54.7 Å². The van der Waals surface area contributed by atoms with E-state index in [1.807, 2.05) is 0 Å². The van der Waals surface area contributed by atoms with Gasteiger partial charge in [-0.3, -0.25) is 4.90 Å². The molecule has 0 saturated carbocycles. The fraction of sp³-hybridized carbons (Fsp3) is 0.452. The number of nitrogens with one attached hydrogen (secondary N) is 1. The molecule has 4 aliphatic rings. The Balaban J connectivity index is 1.28. The zero-order chi connectivity index (χ0) is 29.5. The molecule has 6 heterocycles. The summed E-state index contributed by atoms with van der Waals surface area (Å²) < 4.78 is 52.6. The van der Waals surface area contributed by atoms with Gasteiger partial charge < -0.3 is 20.7 Å². The number of halogens is 4. The first-order chi connectivity index (χ1) is 20.8. The minimum atomic E-state index is -0.906. The van der Waals surface area contributed by atoms with E-state index < -0.39 is 23.3 Å². The first-order valence-corrected chi connectivity index (χ1v) is 15.2. The lowest BCUT2D eigenvalue weighted by Gasteiger charge is -2.34. The molecule has 3 N–H and O–H groups in total. The quantitative estimate of drug-likeness (QED) is 0.317. The standard InChI is InChI=1S/C31H31ClF3N7O/c32-21-10-20-27(26(35)25(21)28-24-16(9-23(36)38-28)3-1-4-22(24)34)39-30(40-29(20)41-13-18-5-6-19(14-41)37-18)43-15-31-7-2-8-42(31)12-17(33)11-31/h1,3-4,9-10,17-19,37H,2,5-8,11-15H2,(H2,36,38)/t17-,18?,19?,31+/m0/s1. The molecule has 0 radical (unpaired) electrons. The molecule has 0 amide bonds. The van der Waals surface area contributed by atoms with Crippen LogP contribution in [-0.2, 0) is 0 Å². The SMILES string of the molecule is Nc1cc2cccc(F)c2c(-c2c(Cl)cc3c(N4CC5CCC(C4)N5)nc(OC[C@]45CCCN4C[C@@H](F)C5)nc3c2F)n1. The van der Waals surface area contributed by atoms with E-state index in [0.717, 1.165) is 32.2 Å². The van der Waals surface area contributed by atoms with Gasteiger partial charge in [0.1, 0.15) is 35.7 Å². The van der Waals surface area contributed by atoms with E-state index >= 15 is 8.78 Å². The number of hydrogen-bond donors (Lipinski definition) is 2. The van der Waals surface area contributed by atoms with Gasteiger partial charge in [-0.15, -0.1) is 0 Å². The Morgan fingerprint density at radius 3 is 2.72 bits per heavy atom. The van der Waals surface area contributed by atoms with E-state index in [9.17, 15) is 4.39 Å². The Bertz CT molecular complexity index is 1760. The molecule has 0 spiro atoms. The Morgan fingerprint density at radius 2 is 1.91 bits per heavy atom. The lowest BCUT2D eigenvalue weighted by Crippen LogP contribution is -2.51. The number of piperazine rings is 1. The van der Waals surface area contributed by atoms with Crippen molar-refractivity contribution in [2.24, 2.45) is 0 Å². The number of anilines is 2. The number of ether oxygens (including phenoxy) is 1. The van der Waals surface area contributed by atoms with Crippen LogP contribution in [0.4, 0.5) is 24.8 Å². The number of nitrogen functional groups attached to an aromatic ring is 1. The topological polar surface area (TPSA) is 92.4 Å². The Hall–Kier alpha value is -3.41. The maximum atomic E-state index is 16.8. The zero-order valence-corrected chi connectivity index (χ0v) is 24.2. The molecule has 4 fully saturated rings. The van der Waals surface area contributed by atoms with Crippen LogP contribution in [0.1, 0.15) is 32.1 Å². The molecule has 4 saturated heterocycles. The van der Waals surface area contributed by atoms with Gasteiger partial charge in [-0.05, 0) is 55.8 Å². The number of alkyl halides is 1. The molecule has 224 valence electrons. The molecule has 0 aliphatic carbocycles. The molecule has 2 bridgehead atoms. The number of aromatic nitrogens is 3. The highest BCUT2D eigenvalue weighted by molar-refractivity contribution is 6.34. The van der Waals surface area contributed by atoms with Gasteiger partial charge in [0.05, 0.1) is 21.8 Å². The summed E-state index contributed by atoms with van der Waals surface area (Å²) in [4.78, 5) is 18.0. The van der Waals surface area contributed by atoms with Crippen molar-refractivity contribution in [2.45, 2.75) is 55.9 Å². The smallest absolute Gasteiger partial charge is 0.319 e. The highest BCUT2D eigenvalue weighted by Crippen LogP contribution is 2.43. The van der Waals surface area contributed by atoms with E-state index in [2.05, 4.69) is 25.1 Å². The van der Waals surface area contributed by atoms with Gasteiger partial charge in [0.15, 0.2) is 5.82 Å². The van der Waals surface area contributed by atoms with Gasteiger partial charge in [-0.1, -0.05) is 23.7 Å². The maximum Gasteiger partial charge on any atom is 0.319 e. The van der Waals surface area contributed by atoms with E-state index in [-0.39, 0.29) is 45.6 Å². The van der Waals surface area contributed by atoms with Crippen molar-refractivity contribution in [3.05, 3.63) is 47.0 Å². The third kappa shape index (κ3) is 4.46. The van der Waals surface area contributed by atoms with Crippen molar-refractivity contribution in [3.8, 4) is 17.3 Å². The van der Waals surface area contributed by atoms with Crippen LogP contribution in [0.25, 0.3) is 32.9 Å². The third-order valence-corrected chi connectivity index (χ3v) is 9.95. The van der Waals surface area contributed by atoms with Crippen molar-refractivity contribution in [1.29, 1.82) is 0 Å². The minimum absolute atomic E-state index is 0.000720. The molecular weight excluding hydrogens is 579 g/mol. The molecule has 4 aliphatic heterocycles. The lowest BCUT2D eigenvalue weighted by molar-refractivity contribution is 0.107. The first kappa shape index (κ1) is 27.2. The summed E-state index contributed by atoms with van der Waals surface area (Å²) in [6, 6.07) is 8.30. The van der Waals surface area contributed by atoms with Crippen LogP contribution < -0.4 is 20.7 Å². The Kier molecular flexibility index (Phi) is 6.36. The van der Waals surface area contributed by atoms with Crippen molar-refractivity contribution in [3.63, 3.8) is 0 Å². The monoisotopic (exact) mass is 609 g/mol. The number of pyridine rings is 1. The number of rotatable bonds is 5. The number of nitrogens with zero attached hydrogens (tertiary/aromatic N) is 5. The van der Waals surface area contributed by atoms with Crippen LogP contribution in [0.5, 0.6) is 6.01 Å². The summed E-state index contributed by atoms with van der Waals surface area (Å²) in [5, 5.41) is 4.68. The summed E-state index contributed by atoms with van der Waals surface area (Å²) >= 11 is 6.79. The zero-order valence-electron chi connectivity index (χ0n) is 23.4. The van der Waals surface area contributed by atoms with Gasteiger partial charge in [-0.25, -0.2) is 18.2 Å². The molecule has 2 unspecified atom stereocenters. The van der Waals surface area contributed by atoms with Crippen LogP contribution in [0.3, 0.4) is 0 Å². The average molecular weight is 610 g/mol. The minimum Gasteiger partial charge on any atom is -0.461 e. The van der Waals surface area contributed by atoms with Gasteiger partial charge >= 0.3 is 6.01 Å². The average Bonchev–Trinajstić information content (AvgIpc) is 3.62. The van der Waals surface area contributed by atoms with Crippen LogP contribution in [0.15, 0.2) is 30.3 Å². The number of fused-ring (bicyclic) bond motifs is 5. The molecule has 8 rings (SSSR count). The molecular formula is C31H31ClF3N7O. The second kappa shape index (κ2) is 10.1. The normalized spacial score (nSPS) is 27.0. The van der Waals surface area contributed by atoms with Crippen LogP contribution in [-0.4, -0.2) is 76.4 Å². The molecule has 4 aromatic rings. The summed E-state index contributed by atoms with van der Waals surface area (Å²) in [7, 11) is 0. The predicted molar refractivity (Wildman–Crippen MR) is 160 cm³/mol. The molecule has 12 heteroatoms. The Morgan fingerprint density at radius 1 is 1.09 bits per heavy atom. The summed E-state index contributed by atoms with van der Waals surface area (Å²) in [6.07, 6.45) is 3.38. The van der Waals surface area contributed by atoms with Crippen molar-refractivity contribution >= 4 is 44.9 Å². The maximum absolute atomic E-state index is 16.8. The van der Waals surface area contributed by atoms with Crippen LogP contribution >= 0.6 is 11.6 Å². The number of nitrogens with two attached hydrogens (primary N) is 1. The number of benzene rings is 2. The van der Waals surface area contributed by atoms with Gasteiger partial charge in [0.2, 0.25) is 0 Å². The van der Waals surface area contributed by atoms with Crippen molar-refractivity contribution in [2.75, 3.05) is 43.4 Å². The molecule has 43 heavy (non-hydrogen) atoms. The highest BCUT2D eigenvalue weighted by atomic mass is 35.5.